The lowest BCUT2D eigenvalue weighted by Crippen LogP contribution is -2.39. The lowest BCUT2D eigenvalue weighted by molar-refractivity contribution is 0.226. The Bertz CT molecular complexity index is 987. The predicted octanol–water partition coefficient (Wildman–Crippen LogP) is 1.61. The second-order valence-electron chi connectivity index (χ2n) is 6.06. The minimum absolute atomic E-state index is 0.308. The van der Waals surface area contributed by atoms with E-state index in [1.165, 1.54) is 17.7 Å². The van der Waals surface area contributed by atoms with Crippen LogP contribution in [0.3, 0.4) is 0 Å². The summed E-state index contributed by atoms with van der Waals surface area (Å²) in [6.07, 6.45) is 0.921. The summed E-state index contributed by atoms with van der Waals surface area (Å²) in [5, 5.41) is 10.2. The van der Waals surface area contributed by atoms with Crippen LogP contribution in [0.25, 0.3) is 10.8 Å². The van der Waals surface area contributed by atoms with Crippen LogP contribution < -0.4 is 11.2 Å². The molecule has 0 amide bonds. The Morgan fingerprint density at radius 1 is 1.19 bits per heavy atom. The van der Waals surface area contributed by atoms with Crippen LogP contribution in [0, 0.1) is 0 Å². The molecule has 138 valence electrons. The first-order chi connectivity index (χ1) is 12.5. The third-order valence-electron chi connectivity index (χ3n) is 4.11. The van der Waals surface area contributed by atoms with Gasteiger partial charge in [-0.1, -0.05) is 13.0 Å². The van der Waals surface area contributed by atoms with Gasteiger partial charge < -0.3 is 4.42 Å². The van der Waals surface area contributed by atoms with Crippen molar-refractivity contribution in [2.75, 3.05) is 6.54 Å². The summed E-state index contributed by atoms with van der Waals surface area (Å²) in [7, 11) is 3.14. The summed E-state index contributed by atoms with van der Waals surface area (Å²) in [5.74, 6) is 1.02. The largest absolute Gasteiger partial charge is 0.419 e. The standard InChI is InChI=1S/C17H21N5O3S/c1-4-7-22(10-12-9-15(23)21(3)17(24)20(12)2)11-14-18-19-16(25-14)13-6-5-8-26-13/h5-6,8-9H,4,7,10-11H2,1-3H3. The molecule has 0 spiro atoms. The van der Waals surface area contributed by atoms with E-state index in [2.05, 4.69) is 22.0 Å². The molecule has 0 aromatic carbocycles. The molecule has 0 aliphatic heterocycles. The van der Waals surface area contributed by atoms with Gasteiger partial charge in [0.15, 0.2) is 0 Å². The zero-order valence-corrected chi connectivity index (χ0v) is 15.8. The molecule has 0 unspecified atom stereocenters. The first-order valence-electron chi connectivity index (χ1n) is 8.34. The number of thiophene rings is 1. The summed E-state index contributed by atoms with van der Waals surface area (Å²) >= 11 is 1.54. The van der Waals surface area contributed by atoms with E-state index >= 15 is 0 Å². The predicted molar refractivity (Wildman–Crippen MR) is 98.9 cm³/mol. The van der Waals surface area contributed by atoms with Gasteiger partial charge in [0.2, 0.25) is 5.89 Å². The SMILES string of the molecule is CCCN(Cc1nnc(-c2cccs2)o1)Cc1cc(=O)n(C)c(=O)n1C. The molecular formula is C17H21N5O3S. The molecule has 0 aliphatic carbocycles. The van der Waals surface area contributed by atoms with E-state index in [4.69, 9.17) is 4.42 Å². The van der Waals surface area contributed by atoms with Crippen LogP contribution in [0.15, 0.2) is 37.6 Å². The molecule has 0 atom stereocenters. The van der Waals surface area contributed by atoms with E-state index in [0.29, 0.717) is 30.6 Å². The number of nitrogens with zero attached hydrogens (tertiary/aromatic N) is 5. The van der Waals surface area contributed by atoms with Gasteiger partial charge in [0.1, 0.15) is 0 Å². The lowest BCUT2D eigenvalue weighted by atomic mass is 10.3. The molecule has 26 heavy (non-hydrogen) atoms. The third-order valence-corrected chi connectivity index (χ3v) is 4.97. The maximum Gasteiger partial charge on any atom is 0.330 e. The number of rotatable bonds is 7. The molecule has 0 bridgehead atoms. The highest BCUT2D eigenvalue weighted by atomic mass is 32.1. The zero-order valence-electron chi connectivity index (χ0n) is 15.0. The fraction of sp³-hybridized carbons (Fsp3) is 0.412. The molecule has 3 aromatic heterocycles. The van der Waals surface area contributed by atoms with Crippen LogP contribution in [0.2, 0.25) is 0 Å². The highest BCUT2D eigenvalue weighted by molar-refractivity contribution is 7.13. The van der Waals surface area contributed by atoms with Gasteiger partial charge in [-0.2, -0.15) is 0 Å². The molecule has 3 heterocycles. The molecule has 0 saturated heterocycles. The van der Waals surface area contributed by atoms with Crippen LogP contribution in [-0.2, 0) is 27.2 Å². The van der Waals surface area contributed by atoms with E-state index < -0.39 is 0 Å². The molecule has 0 saturated carbocycles. The Morgan fingerprint density at radius 2 is 2.00 bits per heavy atom. The summed E-state index contributed by atoms with van der Waals surface area (Å²) < 4.78 is 8.34. The third kappa shape index (κ3) is 3.83. The molecule has 3 aromatic rings. The van der Waals surface area contributed by atoms with Gasteiger partial charge in [-0.3, -0.25) is 18.8 Å². The van der Waals surface area contributed by atoms with Gasteiger partial charge in [-0.25, -0.2) is 4.79 Å². The van der Waals surface area contributed by atoms with Crippen LogP contribution in [-0.4, -0.2) is 30.8 Å². The molecule has 0 aliphatic rings. The van der Waals surface area contributed by atoms with Gasteiger partial charge >= 0.3 is 5.69 Å². The Balaban J connectivity index is 1.80. The lowest BCUT2D eigenvalue weighted by Gasteiger charge is -2.21. The van der Waals surface area contributed by atoms with Crippen LogP contribution in [0.5, 0.6) is 0 Å². The maximum absolute atomic E-state index is 12.1. The van der Waals surface area contributed by atoms with Crippen molar-refractivity contribution in [3.63, 3.8) is 0 Å². The van der Waals surface area contributed by atoms with Gasteiger partial charge in [-0.15, -0.1) is 21.5 Å². The average Bonchev–Trinajstić information content (AvgIpc) is 3.29. The highest BCUT2D eigenvalue weighted by Gasteiger charge is 2.15. The number of hydrogen-bond donors (Lipinski definition) is 0. The number of aromatic nitrogens is 4. The molecular weight excluding hydrogens is 354 g/mol. The summed E-state index contributed by atoms with van der Waals surface area (Å²) in [6, 6.07) is 5.36. The van der Waals surface area contributed by atoms with Gasteiger partial charge in [-0.05, 0) is 24.4 Å². The first kappa shape index (κ1) is 18.3. The van der Waals surface area contributed by atoms with Gasteiger partial charge in [0, 0.05) is 32.4 Å². The zero-order chi connectivity index (χ0) is 18.7. The van der Waals surface area contributed by atoms with Crippen molar-refractivity contribution >= 4 is 11.3 Å². The second kappa shape index (κ2) is 7.79. The summed E-state index contributed by atoms with van der Waals surface area (Å²) in [5.41, 5.74) is 0.0172. The van der Waals surface area contributed by atoms with Crippen molar-refractivity contribution in [1.82, 2.24) is 24.2 Å². The van der Waals surface area contributed by atoms with E-state index in [1.54, 1.807) is 18.4 Å². The molecule has 3 rings (SSSR count). The molecule has 8 nitrogen and oxygen atoms in total. The molecule has 0 radical (unpaired) electrons. The normalized spacial score (nSPS) is 11.4. The van der Waals surface area contributed by atoms with Gasteiger partial charge in [0.25, 0.3) is 11.4 Å². The van der Waals surface area contributed by atoms with E-state index in [1.807, 2.05) is 17.5 Å². The Labute approximate surface area is 154 Å². The van der Waals surface area contributed by atoms with Crippen molar-refractivity contribution in [2.24, 2.45) is 14.1 Å². The van der Waals surface area contributed by atoms with E-state index in [0.717, 1.165) is 22.4 Å². The van der Waals surface area contributed by atoms with Crippen LogP contribution in [0.4, 0.5) is 0 Å². The average molecular weight is 375 g/mol. The van der Waals surface area contributed by atoms with E-state index in [-0.39, 0.29) is 11.2 Å². The first-order valence-corrected chi connectivity index (χ1v) is 9.22. The number of hydrogen-bond acceptors (Lipinski definition) is 7. The molecule has 0 fully saturated rings. The second-order valence-corrected chi connectivity index (χ2v) is 7.01. The summed E-state index contributed by atoms with van der Waals surface area (Å²) in [6.45, 7) is 3.75. The van der Waals surface area contributed by atoms with Crippen molar-refractivity contribution in [2.45, 2.75) is 26.4 Å². The van der Waals surface area contributed by atoms with Crippen molar-refractivity contribution in [3.05, 3.63) is 56.0 Å². The van der Waals surface area contributed by atoms with Crippen LogP contribution >= 0.6 is 11.3 Å². The minimum Gasteiger partial charge on any atom is -0.419 e. The van der Waals surface area contributed by atoms with Crippen LogP contribution in [0.1, 0.15) is 24.9 Å². The smallest absolute Gasteiger partial charge is 0.330 e. The fourth-order valence-electron chi connectivity index (χ4n) is 2.70. The van der Waals surface area contributed by atoms with Gasteiger partial charge in [0.05, 0.1) is 11.4 Å². The van der Waals surface area contributed by atoms with Crippen molar-refractivity contribution in [3.8, 4) is 10.8 Å². The highest BCUT2D eigenvalue weighted by Crippen LogP contribution is 2.23. The Morgan fingerprint density at radius 3 is 2.69 bits per heavy atom. The fourth-order valence-corrected chi connectivity index (χ4v) is 3.34. The van der Waals surface area contributed by atoms with Crippen molar-refractivity contribution < 1.29 is 4.42 Å². The monoisotopic (exact) mass is 375 g/mol. The Kier molecular flexibility index (Phi) is 5.48. The minimum atomic E-state index is -0.332. The maximum atomic E-state index is 12.1. The van der Waals surface area contributed by atoms with Crippen molar-refractivity contribution in [1.29, 1.82) is 0 Å². The molecule has 0 N–H and O–H groups in total. The van der Waals surface area contributed by atoms with E-state index in [9.17, 15) is 9.59 Å². The molecule has 9 heteroatoms. The Hall–Kier alpha value is -2.52. The topological polar surface area (TPSA) is 86.2 Å². The quantitative estimate of drug-likeness (QED) is 0.624. The summed E-state index contributed by atoms with van der Waals surface area (Å²) in [4.78, 5) is 27.1.